The van der Waals surface area contributed by atoms with Gasteiger partial charge in [-0.25, -0.2) is 4.98 Å². The van der Waals surface area contributed by atoms with E-state index in [1.165, 1.54) is 5.56 Å². The largest absolute Gasteiger partial charge is 0.496 e. The molecule has 0 aliphatic heterocycles. The number of hydrogen-bond donors (Lipinski definition) is 1. The van der Waals surface area contributed by atoms with Gasteiger partial charge in [0.2, 0.25) is 0 Å². The summed E-state index contributed by atoms with van der Waals surface area (Å²) in [5, 5.41) is -0.143. The highest BCUT2D eigenvalue weighted by Gasteiger charge is 2.15. The van der Waals surface area contributed by atoms with Crippen LogP contribution in [0.5, 0.6) is 5.75 Å². The molecule has 0 saturated carbocycles. The normalized spacial score (nSPS) is 12.4. The lowest BCUT2D eigenvalue weighted by Crippen LogP contribution is -2.01. The van der Waals surface area contributed by atoms with Crippen molar-refractivity contribution in [3.63, 3.8) is 0 Å². The number of imidazole rings is 1. The number of halogens is 1. The Morgan fingerprint density at radius 2 is 2.29 bits per heavy atom. The number of aryl methyl sites for hydroxylation is 1. The Labute approximate surface area is 106 Å². The molecule has 4 heteroatoms. The van der Waals surface area contributed by atoms with E-state index >= 15 is 0 Å². The highest BCUT2D eigenvalue weighted by Crippen LogP contribution is 2.32. The minimum atomic E-state index is -0.143. The van der Waals surface area contributed by atoms with Gasteiger partial charge in [-0.15, -0.1) is 11.6 Å². The Hall–Kier alpha value is -1.48. The Morgan fingerprint density at radius 1 is 1.47 bits per heavy atom. The topological polar surface area (TPSA) is 37.9 Å². The molecule has 90 valence electrons. The molecule has 2 aromatic rings. The maximum atomic E-state index is 6.41. The molecule has 0 saturated heterocycles. The Kier molecular flexibility index (Phi) is 3.69. The fourth-order valence-corrected chi connectivity index (χ4v) is 2.10. The van der Waals surface area contributed by atoms with Gasteiger partial charge < -0.3 is 9.72 Å². The highest BCUT2D eigenvalue weighted by molar-refractivity contribution is 6.21. The lowest BCUT2D eigenvalue weighted by atomic mass is 10.0. The average molecular weight is 251 g/mol. The van der Waals surface area contributed by atoms with Crippen LogP contribution in [-0.2, 0) is 6.42 Å². The molecule has 0 aliphatic carbocycles. The third-order valence-electron chi connectivity index (χ3n) is 2.65. The smallest absolute Gasteiger partial charge is 0.123 e. The molecular weight excluding hydrogens is 236 g/mol. The lowest BCUT2D eigenvalue weighted by Gasteiger charge is -2.13. The predicted molar refractivity (Wildman–Crippen MR) is 68.6 cm³/mol. The zero-order chi connectivity index (χ0) is 12.3. The van der Waals surface area contributed by atoms with Crippen LogP contribution in [0.4, 0.5) is 0 Å². The number of methoxy groups -OCH3 is 1. The van der Waals surface area contributed by atoms with Gasteiger partial charge >= 0.3 is 0 Å². The van der Waals surface area contributed by atoms with Gasteiger partial charge in [0, 0.05) is 24.4 Å². The molecule has 0 radical (unpaired) electrons. The summed E-state index contributed by atoms with van der Waals surface area (Å²) in [6, 6.07) is 6.01. The molecule has 1 aromatic heterocycles. The summed E-state index contributed by atoms with van der Waals surface area (Å²) >= 11 is 6.41. The van der Waals surface area contributed by atoms with Crippen LogP contribution >= 0.6 is 11.6 Å². The van der Waals surface area contributed by atoms with Gasteiger partial charge in [-0.1, -0.05) is 17.7 Å². The highest BCUT2D eigenvalue weighted by atomic mass is 35.5. The van der Waals surface area contributed by atoms with Crippen LogP contribution in [0.25, 0.3) is 0 Å². The van der Waals surface area contributed by atoms with Gasteiger partial charge in [0.1, 0.15) is 11.6 Å². The maximum absolute atomic E-state index is 6.41. The molecular formula is C13H15ClN2O. The number of nitrogens with one attached hydrogen (secondary N) is 1. The van der Waals surface area contributed by atoms with Crippen LogP contribution in [0.15, 0.2) is 30.6 Å². The van der Waals surface area contributed by atoms with Crippen molar-refractivity contribution in [2.75, 3.05) is 7.11 Å². The minimum Gasteiger partial charge on any atom is -0.496 e. The first-order chi connectivity index (χ1) is 8.20. The summed E-state index contributed by atoms with van der Waals surface area (Å²) in [6.45, 7) is 2.04. The van der Waals surface area contributed by atoms with Gasteiger partial charge in [-0.05, 0) is 13.0 Å². The monoisotopic (exact) mass is 250 g/mol. The van der Waals surface area contributed by atoms with E-state index in [-0.39, 0.29) is 5.38 Å². The van der Waals surface area contributed by atoms with Crippen molar-refractivity contribution >= 4 is 11.6 Å². The number of ether oxygens (including phenoxy) is 1. The number of rotatable bonds is 4. The van der Waals surface area contributed by atoms with Crippen LogP contribution < -0.4 is 4.74 Å². The molecule has 1 unspecified atom stereocenters. The summed E-state index contributed by atoms with van der Waals surface area (Å²) in [6.07, 6.45) is 4.19. The zero-order valence-electron chi connectivity index (χ0n) is 9.90. The molecule has 17 heavy (non-hydrogen) atoms. The van der Waals surface area contributed by atoms with E-state index in [1.54, 1.807) is 19.5 Å². The molecule has 1 heterocycles. The number of H-pyrrole nitrogens is 1. The SMILES string of the molecule is COc1ccc(C)cc1C(Cl)Cc1ncc[nH]1. The van der Waals surface area contributed by atoms with Crippen molar-refractivity contribution in [1.82, 2.24) is 9.97 Å². The summed E-state index contributed by atoms with van der Waals surface area (Å²) in [5.74, 6) is 1.70. The van der Waals surface area contributed by atoms with Crippen molar-refractivity contribution in [1.29, 1.82) is 0 Å². The first kappa shape index (κ1) is 12.0. The molecule has 3 nitrogen and oxygen atoms in total. The van der Waals surface area contributed by atoms with Crippen molar-refractivity contribution in [2.24, 2.45) is 0 Å². The van der Waals surface area contributed by atoms with Gasteiger partial charge in [0.05, 0.1) is 12.5 Å². The van der Waals surface area contributed by atoms with E-state index in [0.717, 1.165) is 17.1 Å². The number of alkyl halides is 1. The molecule has 0 aliphatic rings. The fraction of sp³-hybridized carbons (Fsp3) is 0.308. The third-order valence-corrected chi connectivity index (χ3v) is 3.04. The van der Waals surface area contributed by atoms with Gasteiger partial charge in [-0.3, -0.25) is 0 Å². The van der Waals surface area contributed by atoms with Crippen molar-refractivity contribution in [3.8, 4) is 5.75 Å². The van der Waals surface area contributed by atoms with E-state index in [4.69, 9.17) is 16.3 Å². The van der Waals surface area contributed by atoms with Crippen molar-refractivity contribution < 1.29 is 4.74 Å². The second kappa shape index (κ2) is 5.23. The number of aromatic amines is 1. The predicted octanol–water partition coefficient (Wildman–Crippen LogP) is 3.25. The molecule has 1 N–H and O–H groups in total. The Bertz CT molecular complexity index is 482. The van der Waals surface area contributed by atoms with Crippen LogP contribution in [-0.4, -0.2) is 17.1 Å². The Balaban J connectivity index is 2.23. The number of benzene rings is 1. The molecule has 1 aromatic carbocycles. The van der Waals surface area contributed by atoms with Crippen molar-refractivity contribution in [3.05, 3.63) is 47.5 Å². The van der Waals surface area contributed by atoms with Crippen LogP contribution in [0, 0.1) is 6.92 Å². The lowest BCUT2D eigenvalue weighted by molar-refractivity contribution is 0.409. The first-order valence-corrected chi connectivity index (χ1v) is 5.91. The molecule has 0 spiro atoms. The number of hydrogen-bond acceptors (Lipinski definition) is 2. The van der Waals surface area contributed by atoms with Gasteiger partial charge in [0.15, 0.2) is 0 Å². The third kappa shape index (κ3) is 2.80. The van der Waals surface area contributed by atoms with E-state index in [1.807, 2.05) is 19.1 Å². The van der Waals surface area contributed by atoms with E-state index in [2.05, 4.69) is 16.0 Å². The van der Waals surface area contributed by atoms with E-state index in [0.29, 0.717) is 6.42 Å². The number of aromatic nitrogens is 2. The summed E-state index contributed by atoms with van der Waals surface area (Å²) in [5.41, 5.74) is 2.18. The maximum Gasteiger partial charge on any atom is 0.123 e. The first-order valence-electron chi connectivity index (χ1n) is 5.47. The quantitative estimate of drug-likeness (QED) is 0.846. The zero-order valence-corrected chi connectivity index (χ0v) is 10.7. The average Bonchev–Trinajstić information content (AvgIpc) is 2.81. The Morgan fingerprint density at radius 3 is 2.94 bits per heavy atom. The molecule has 0 amide bonds. The summed E-state index contributed by atoms with van der Waals surface area (Å²) in [4.78, 5) is 7.23. The number of nitrogens with zero attached hydrogens (tertiary/aromatic N) is 1. The van der Waals surface area contributed by atoms with Gasteiger partial charge in [-0.2, -0.15) is 0 Å². The summed E-state index contributed by atoms with van der Waals surface area (Å²) in [7, 11) is 1.66. The second-order valence-corrected chi connectivity index (χ2v) is 4.48. The minimum absolute atomic E-state index is 0.143. The van der Waals surface area contributed by atoms with E-state index in [9.17, 15) is 0 Å². The van der Waals surface area contributed by atoms with Crippen molar-refractivity contribution in [2.45, 2.75) is 18.7 Å². The summed E-state index contributed by atoms with van der Waals surface area (Å²) < 4.78 is 5.33. The van der Waals surface area contributed by atoms with Crippen LogP contribution in [0.1, 0.15) is 22.3 Å². The molecule has 2 rings (SSSR count). The molecule has 0 bridgehead atoms. The molecule has 1 atom stereocenters. The standard InChI is InChI=1S/C13H15ClN2O/c1-9-3-4-12(17-2)10(7-9)11(14)8-13-15-5-6-16-13/h3-7,11H,8H2,1-2H3,(H,15,16). The van der Waals surface area contributed by atoms with Gasteiger partial charge in [0.25, 0.3) is 0 Å². The van der Waals surface area contributed by atoms with E-state index < -0.39 is 0 Å². The fourth-order valence-electron chi connectivity index (χ4n) is 1.79. The second-order valence-electron chi connectivity index (χ2n) is 3.95. The van der Waals surface area contributed by atoms with Crippen LogP contribution in [0.2, 0.25) is 0 Å². The van der Waals surface area contributed by atoms with Crippen LogP contribution in [0.3, 0.4) is 0 Å². The molecule has 0 fully saturated rings.